The van der Waals surface area contributed by atoms with Crippen LogP contribution in [0.5, 0.6) is 5.75 Å². The SMILES string of the molecule is CCn1nc(C)cc1C(=O)Nc1nc(-c2cc3cccc(OC)c3o2)cs1. The van der Waals surface area contributed by atoms with Gasteiger partial charge in [0.05, 0.1) is 12.8 Å². The van der Waals surface area contributed by atoms with Gasteiger partial charge in [-0.05, 0) is 32.0 Å². The number of carbonyl (C=O) groups excluding carboxylic acids is 1. The minimum absolute atomic E-state index is 0.232. The average molecular weight is 382 g/mol. The first-order valence-corrected chi connectivity index (χ1v) is 9.35. The van der Waals surface area contributed by atoms with Crippen LogP contribution in [-0.2, 0) is 6.54 Å². The minimum Gasteiger partial charge on any atom is -0.493 e. The van der Waals surface area contributed by atoms with Gasteiger partial charge in [0.15, 0.2) is 22.2 Å². The van der Waals surface area contributed by atoms with Crippen LogP contribution in [0.4, 0.5) is 5.13 Å². The Morgan fingerprint density at radius 1 is 1.37 bits per heavy atom. The van der Waals surface area contributed by atoms with E-state index in [-0.39, 0.29) is 5.91 Å². The first-order valence-electron chi connectivity index (χ1n) is 8.47. The molecular weight excluding hydrogens is 364 g/mol. The van der Waals surface area contributed by atoms with Gasteiger partial charge in [0, 0.05) is 17.3 Å². The first kappa shape index (κ1) is 17.3. The lowest BCUT2D eigenvalue weighted by molar-refractivity contribution is 0.101. The number of methoxy groups -OCH3 is 1. The third-order valence-electron chi connectivity index (χ3n) is 4.14. The molecule has 0 saturated carbocycles. The fourth-order valence-corrected chi connectivity index (χ4v) is 3.59. The van der Waals surface area contributed by atoms with Crippen LogP contribution in [0, 0.1) is 6.92 Å². The quantitative estimate of drug-likeness (QED) is 0.555. The van der Waals surface area contributed by atoms with Crippen molar-refractivity contribution >= 4 is 33.3 Å². The molecule has 0 aliphatic heterocycles. The van der Waals surface area contributed by atoms with Gasteiger partial charge < -0.3 is 9.15 Å². The van der Waals surface area contributed by atoms with Gasteiger partial charge in [-0.3, -0.25) is 14.8 Å². The summed E-state index contributed by atoms with van der Waals surface area (Å²) in [6.45, 7) is 4.43. The molecule has 0 bridgehead atoms. The van der Waals surface area contributed by atoms with Gasteiger partial charge in [-0.15, -0.1) is 11.3 Å². The predicted molar refractivity (Wildman–Crippen MR) is 104 cm³/mol. The zero-order chi connectivity index (χ0) is 19.0. The van der Waals surface area contributed by atoms with Gasteiger partial charge in [0.25, 0.3) is 5.91 Å². The number of aryl methyl sites for hydroxylation is 2. The molecule has 8 heteroatoms. The van der Waals surface area contributed by atoms with Gasteiger partial charge in [0.1, 0.15) is 11.4 Å². The zero-order valence-electron chi connectivity index (χ0n) is 15.1. The monoisotopic (exact) mass is 382 g/mol. The Bertz CT molecular complexity index is 1130. The molecule has 0 atom stereocenters. The van der Waals surface area contributed by atoms with E-state index in [4.69, 9.17) is 9.15 Å². The predicted octanol–water partition coefficient (Wildman–Crippen LogP) is 4.34. The Hall–Kier alpha value is -3.13. The molecule has 0 fully saturated rings. The van der Waals surface area contributed by atoms with Crippen molar-refractivity contribution in [2.24, 2.45) is 0 Å². The number of hydrogen-bond acceptors (Lipinski definition) is 6. The van der Waals surface area contributed by atoms with Crippen LogP contribution in [0.25, 0.3) is 22.4 Å². The smallest absolute Gasteiger partial charge is 0.275 e. The van der Waals surface area contributed by atoms with Crippen molar-refractivity contribution in [2.45, 2.75) is 20.4 Å². The number of nitrogens with zero attached hydrogens (tertiary/aromatic N) is 3. The molecule has 0 aliphatic rings. The number of ether oxygens (including phenoxy) is 1. The molecule has 0 aliphatic carbocycles. The maximum Gasteiger partial charge on any atom is 0.275 e. The Labute approximate surface area is 159 Å². The maximum atomic E-state index is 12.5. The van der Waals surface area contributed by atoms with E-state index in [2.05, 4.69) is 15.4 Å². The number of amides is 1. The second kappa shape index (κ2) is 6.88. The highest BCUT2D eigenvalue weighted by atomic mass is 32.1. The molecule has 7 nitrogen and oxygen atoms in total. The van der Waals surface area contributed by atoms with E-state index >= 15 is 0 Å². The normalized spacial score (nSPS) is 11.1. The third-order valence-corrected chi connectivity index (χ3v) is 4.90. The molecule has 4 rings (SSSR count). The van der Waals surface area contributed by atoms with Gasteiger partial charge >= 0.3 is 0 Å². The molecule has 1 aromatic carbocycles. The number of anilines is 1. The summed E-state index contributed by atoms with van der Waals surface area (Å²) in [6, 6.07) is 9.38. The Morgan fingerprint density at radius 2 is 2.22 bits per heavy atom. The number of fused-ring (bicyclic) bond motifs is 1. The lowest BCUT2D eigenvalue weighted by atomic mass is 10.2. The van der Waals surface area contributed by atoms with E-state index in [1.165, 1.54) is 11.3 Å². The number of benzene rings is 1. The highest BCUT2D eigenvalue weighted by molar-refractivity contribution is 7.14. The molecule has 0 unspecified atom stereocenters. The molecule has 3 heterocycles. The van der Waals surface area contributed by atoms with Crippen LogP contribution < -0.4 is 10.1 Å². The molecule has 1 N–H and O–H groups in total. The summed E-state index contributed by atoms with van der Waals surface area (Å²) in [5.74, 6) is 1.07. The van der Waals surface area contributed by atoms with Crippen molar-refractivity contribution in [1.82, 2.24) is 14.8 Å². The average Bonchev–Trinajstić information content (AvgIpc) is 3.38. The fraction of sp³-hybridized carbons (Fsp3) is 0.211. The molecule has 138 valence electrons. The van der Waals surface area contributed by atoms with Crippen molar-refractivity contribution in [3.8, 4) is 17.2 Å². The third kappa shape index (κ3) is 3.19. The Morgan fingerprint density at radius 3 is 3.00 bits per heavy atom. The van der Waals surface area contributed by atoms with Crippen molar-refractivity contribution in [3.63, 3.8) is 0 Å². The number of rotatable bonds is 5. The van der Waals surface area contributed by atoms with Crippen molar-refractivity contribution < 1.29 is 13.9 Å². The molecular formula is C19H18N4O3S. The van der Waals surface area contributed by atoms with Crippen LogP contribution in [0.2, 0.25) is 0 Å². The number of aromatic nitrogens is 3. The highest BCUT2D eigenvalue weighted by Gasteiger charge is 2.17. The number of furan rings is 1. The number of para-hydroxylation sites is 1. The van der Waals surface area contributed by atoms with Gasteiger partial charge in [0.2, 0.25) is 0 Å². The molecule has 27 heavy (non-hydrogen) atoms. The lowest BCUT2D eigenvalue weighted by Gasteiger charge is -2.03. The van der Waals surface area contributed by atoms with Crippen molar-refractivity contribution in [3.05, 3.63) is 47.1 Å². The number of carbonyl (C=O) groups is 1. The summed E-state index contributed by atoms with van der Waals surface area (Å²) in [4.78, 5) is 17.0. The Kier molecular flexibility index (Phi) is 4.41. The summed E-state index contributed by atoms with van der Waals surface area (Å²) in [5.41, 5.74) is 2.66. The number of nitrogens with one attached hydrogen (secondary N) is 1. The second-order valence-electron chi connectivity index (χ2n) is 5.97. The van der Waals surface area contributed by atoms with E-state index in [0.717, 1.165) is 11.1 Å². The number of hydrogen-bond donors (Lipinski definition) is 1. The van der Waals surface area contributed by atoms with Gasteiger partial charge in [-0.2, -0.15) is 5.10 Å². The number of thiazole rings is 1. The summed E-state index contributed by atoms with van der Waals surface area (Å²) in [6.07, 6.45) is 0. The van der Waals surface area contributed by atoms with Crippen molar-refractivity contribution in [2.75, 3.05) is 12.4 Å². The topological polar surface area (TPSA) is 82.2 Å². The molecule has 1 amide bonds. The van der Waals surface area contributed by atoms with E-state index in [9.17, 15) is 4.79 Å². The lowest BCUT2D eigenvalue weighted by Crippen LogP contribution is -2.17. The van der Waals surface area contributed by atoms with Crippen molar-refractivity contribution in [1.29, 1.82) is 0 Å². The maximum absolute atomic E-state index is 12.5. The van der Waals surface area contributed by atoms with Crippen LogP contribution in [0.15, 0.2) is 40.1 Å². The largest absolute Gasteiger partial charge is 0.493 e. The molecule has 0 spiro atoms. The van der Waals surface area contributed by atoms with E-state index < -0.39 is 0 Å². The van der Waals surface area contributed by atoms with Crippen LogP contribution in [0.3, 0.4) is 0 Å². The summed E-state index contributed by atoms with van der Waals surface area (Å²) >= 11 is 1.34. The second-order valence-corrected chi connectivity index (χ2v) is 6.83. The standard InChI is InChI=1S/C19H18N4O3S/c1-4-23-14(8-11(2)22-23)18(24)21-19-20-13(10-27-19)16-9-12-6-5-7-15(25-3)17(12)26-16/h5-10H,4H2,1-3H3,(H,20,21,24). The molecule has 0 radical (unpaired) electrons. The van der Waals surface area contributed by atoms with Gasteiger partial charge in [-0.1, -0.05) is 12.1 Å². The fourth-order valence-electron chi connectivity index (χ4n) is 2.90. The minimum atomic E-state index is -0.232. The summed E-state index contributed by atoms with van der Waals surface area (Å²) in [5, 5.41) is 10.4. The molecule has 0 saturated heterocycles. The Balaban J connectivity index is 1.59. The van der Waals surface area contributed by atoms with Crippen LogP contribution in [-0.4, -0.2) is 27.8 Å². The summed E-state index contributed by atoms with van der Waals surface area (Å²) < 4.78 is 12.9. The molecule has 4 aromatic rings. The zero-order valence-corrected chi connectivity index (χ0v) is 16.0. The van der Waals surface area contributed by atoms with E-state index in [0.29, 0.717) is 40.2 Å². The highest BCUT2D eigenvalue weighted by Crippen LogP contribution is 2.34. The van der Waals surface area contributed by atoms with E-state index in [1.54, 1.807) is 17.9 Å². The van der Waals surface area contributed by atoms with Gasteiger partial charge in [-0.25, -0.2) is 4.98 Å². The van der Waals surface area contributed by atoms with E-state index in [1.807, 2.05) is 43.5 Å². The van der Waals surface area contributed by atoms with Crippen LogP contribution >= 0.6 is 11.3 Å². The molecule has 3 aromatic heterocycles. The first-order chi connectivity index (χ1) is 13.1. The summed E-state index contributed by atoms with van der Waals surface area (Å²) in [7, 11) is 1.61. The van der Waals surface area contributed by atoms with Crippen LogP contribution in [0.1, 0.15) is 23.1 Å².